The molecular formula is C13H9ClFN3O. The molecule has 0 spiro atoms. The van der Waals surface area contributed by atoms with Gasteiger partial charge in [-0.15, -0.1) is 0 Å². The lowest BCUT2D eigenvalue weighted by molar-refractivity contribution is 0.481. The Bertz CT molecular complexity index is 739. The minimum Gasteiger partial charge on any atom is -0.453 e. The standard InChI is InChI=1S/C13H9ClFN3O/c1-8-7-18-13(16-8)11(6-12(14)17-18)19-10-4-2-9(15)3-5-10/h2-7H,1H3. The minimum absolute atomic E-state index is 0.294. The van der Waals surface area contributed by atoms with Crippen LogP contribution in [0.3, 0.4) is 0 Å². The van der Waals surface area contributed by atoms with Crippen molar-refractivity contribution in [3.8, 4) is 11.5 Å². The molecule has 0 aliphatic rings. The summed E-state index contributed by atoms with van der Waals surface area (Å²) in [7, 11) is 0. The van der Waals surface area contributed by atoms with Gasteiger partial charge in [-0.1, -0.05) is 11.6 Å². The van der Waals surface area contributed by atoms with E-state index in [1.807, 2.05) is 6.92 Å². The molecule has 2 heterocycles. The first-order chi connectivity index (χ1) is 9.11. The van der Waals surface area contributed by atoms with Gasteiger partial charge in [0.25, 0.3) is 0 Å². The molecule has 0 saturated carbocycles. The summed E-state index contributed by atoms with van der Waals surface area (Å²) in [6.45, 7) is 1.85. The fourth-order valence-electron chi connectivity index (χ4n) is 1.74. The lowest BCUT2D eigenvalue weighted by atomic mass is 10.3. The molecule has 0 saturated heterocycles. The highest BCUT2D eigenvalue weighted by Gasteiger charge is 2.10. The van der Waals surface area contributed by atoms with Crippen LogP contribution < -0.4 is 4.74 Å². The molecule has 0 radical (unpaired) electrons. The first-order valence-electron chi connectivity index (χ1n) is 5.58. The first-order valence-corrected chi connectivity index (χ1v) is 5.95. The number of aryl methyl sites for hydroxylation is 1. The van der Waals surface area contributed by atoms with Crippen molar-refractivity contribution in [3.63, 3.8) is 0 Å². The second-order valence-electron chi connectivity index (χ2n) is 4.04. The summed E-state index contributed by atoms with van der Waals surface area (Å²) in [4.78, 5) is 4.31. The molecule has 0 fully saturated rings. The van der Waals surface area contributed by atoms with Gasteiger partial charge in [0.15, 0.2) is 16.5 Å². The largest absolute Gasteiger partial charge is 0.453 e. The van der Waals surface area contributed by atoms with E-state index in [9.17, 15) is 4.39 Å². The molecule has 0 aliphatic heterocycles. The molecule has 0 bridgehead atoms. The lowest BCUT2D eigenvalue weighted by Gasteiger charge is -2.06. The fraction of sp³-hybridized carbons (Fsp3) is 0.0769. The minimum atomic E-state index is -0.318. The van der Waals surface area contributed by atoms with Crippen LogP contribution in [0.5, 0.6) is 11.5 Å². The maximum Gasteiger partial charge on any atom is 0.197 e. The highest BCUT2D eigenvalue weighted by atomic mass is 35.5. The van der Waals surface area contributed by atoms with Crippen LogP contribution in [0, 0.1) is 12.7 Å². The summed E-state index contributed by atoms with van der Waals surface area (Å²) in [5, 5.41) is 4.39. The number of hydrogen-bond donors (Lipinski definition) is 0. The van der Waals surface area contributed by atoms with Crippen LogP contribution in [0.2, 0.25) is 5.15 Å². The monoisotopic (exact) mass is 277 g/mol. The maximum atomic E-state index is 12.8. The van der Waals surface area contributed by atoms with Gasteiger partial charge in [-0.25, -0.2) is 13.9 Å². The third kappa shape index (κ3) is 2.37. The van der Waals surface area contributed by atoms with E-state index in [0.29, 0.717) is 22.3 Å². The van der Waals surface area contributed by atoms with Crippen molar-refractivity contribution < 1.29 is 9.13 Å². The smallest absolute Gasteiger partial charge is 0.197 e. The van der Waals surface area contributed by atoms with E-state index >= 15 is 0 Å². The summed E-state index contributed by atoms with van der Waals surface area (Å²) in [5.41, 5.74) is 1.37. The van der Waals surface area contributed by atoms with Crippen LogP contribution in [-0.2, 0) is 0 Å². The number of ether oxygens (including phenoxy) is 1. The van der Waals surface area contributed by atoms with Gasteiger partial charge in [-0.05, 0) is 31.2 Å². The highest BCUT2D eigenvalue weighted by molar-refractivity contribution is 6.29. The quantitative estimate of drug-likeness (QED) is 0.718. The molecular weight excluding hydrogens is 269 g/mol. The van der Waals surface area contributed by atoms with E-state index in [1.54, 1.807) is 16.8 Å². The fourth-order valence-corrected chi connectivity index (χ4v) is 1.92. The number of rotatable bonds is 2. The summed E-state index contributed by atoms with van der Waals surface area (Å²) < 4.78 is 20.1. The predicted molar refractivity (Wildman–Crippen MR) is 69.2 cm³/mol. The third-order valence-corrected chi connectivity index (χ3v) is 2.71. The van der Waals surface area contributed by atoms with Crippen molar-refractivity contribution in [3.05, 3.63) is 53.2 Å². The Morgan fingerprint density at radius 2 is 2.00 bits per heavy atom. The Balaban J connectivity index is 2.06. The van der Waals surface area contributed by atoms with Crippen LogP contribution in [0.15, 0.2) is 36.5 Å². The first kappa shape index (κ1) is 11.9. The van der Waals surface area contributed by atoms with Crippen molar-refractivity contribution in [1.82, 2.24) is 14.6 Å². The van der Waals surface area contributed by atoms with Crippen LogP contribution in [-0.4, -0.2) is 14.6 Å². The topological polar surface area (TPSA) is 39.4 Å². The number of benzene rings is 1. The van der Waals surface area contributed by atoms with Crippen LogP contribution in [0.25, 0.3) is 5.65 Å². The molecule has 0 amide bonds. The van der Waals surface area contributed by atoms with Crippen molar-refractivity contribution >= 4 is 17.2 Å². The van der Waals surface area contributed by atoms with E-state index in [2.05, 4.69) is 10.1 Å². The number of fused-ring (bicyclic) bond motifs is 1. The molecule has 3 rings (SSSR count). The molecule has 6 heteroatoms. The Labute approximate surface area is 113 Å². The highest BCUT2D eigenvalue weighted by Crippen LogP contribution is 2.27. The van der Waals surface area contributed by atoms with Crippen LogP contribution in [0.4, 0.5) is 4.39 Å². The summed E-state index contributed by atoms with van der Waals surface area (Å²) in [5.74, 6) is 0.660. The van der Waals surface area contributed by atoms with Gasteiger partial charge in [-0.2, -0.15) is 5.10 Å². The zero-order chi connectivity index (χ0) is 13.4. The second-order valence-corrected chi connectivity index (χ2v) is 4.43. The number of nitrogens with zero attached hydrogens (tertiary/aromatic N) is 3. The van der Waals surface area contributed by atoms with Crippen LogP contribution >= 0.6 is 11.6 Å². The zero-order valence-corrected chi connectivity index (χ0v) is 10.7. The van der Waals surface area contributed by atoms with E-state index < -0.39 is 0 Å². The third-order valence-electron chi connectivity index (χ3n) is 2.52. The molecule has 19 heavy (non-hydrogen) atoms. The predicted octanol–water partition coefficient (Wildman–Crippen LogP) is 3.62. The normalized spacial score (nSPS) is 10.9. The molecule has 1 aromatic carbocycles. The van der Waals surface area contributed by atoms with Gasteiger partial charge in [0, 0.05) is 6.07 Å². The van der Waals surface area contributed by atoms with Crippen molar-refractivity contribution in [1.29, 1.82) is 0 Å². The Morgan fingerprint density at radius 1 is 1.26 bits per heavy atom. The van der Waals surface area contributed by atoms with Gasteiger partial charge in [0.1, 0.15) is 11.6 Å². The molecule has 4 nitrogen and oxygen atoms in total. The average Bonchev–Trinajstić information content (AvgIpc) is 2.72. The molecule has 0 aliphatic carbocycles. The maximum absolute atomic E-state index is 12.8. The van der Waals surface area contributed by atoms with Gasteiger partial charge >= 0.3 is 0 Å². The lowest BCUT2D eigenvalue weighted by Crippen LogP contribution is -1.95. The van der Waals surface area contributed by atoms with Crippen molar-refractivity contribution in [2.75, 3.05) is 0 Å². The number of imidazole rings is 1. The molecule has 2 aromatic heterocycles. The number of hydrogen-bond acceptors (Lipinski definition) is 3. The van der Waals surface area contributed by atoms with Gasteiger partial charge in [-0.3, -0.25) is 0 Å². The number of aromatic nitrogens is 3. The number of halogens is 2. The molecule has 96 valence electrons. The van der Waals surface area contributed by atoms with Gasteiger partial charge < -0.3 is 4.74 Å². The van der Waals surface area contributed by atoms with E-state index in [-0.39, 0.29) is 5.82 Å². The van der Waals surface area contributed by atoms with Crippen molar-refractivity contribution in [2.45, 2.75) is 6.92 Å². The van der Waals surface area contributed by atoms with Crippen LogP contribution in [0.1, 0.15) is 5.69 Å². The Hall–Kier alpha value is -2.14. The molecule has 3 aromatic rings. The second kappa shape index (κ2) is 4.51. The SMILES string of the molecule is Cc1cn2nc(Cl)cc(Oc3ccc(F)cc3)c2n1. The summed E-state index contributed by atoms with van der Waals surface area (Å²) in [6.07, 6.45) is 1.75. The average molecular weight is 278 g/mol. The molecule has 0 unspecified atom stereocenters. The summed E-state index contributed by atoms with van der Waals surface area (Å²) >= 11 is 5.92. The summed E-state index contributed by atoms with van der Waals surface area (Å²) in [6, 6.07) is 7.30. The van der Waals surface area contributed by atoms with Gasteiger partial charge in [0.05, 0.1) is 11.9 Å². The van der Waals surface area contributed by atoms with Gasteiger partial charge in [0.2, 0.25) is 0 Å². The van der Waals surface area contributed by atoms with E-state index in [1.165, 1.54) is 24.3 Å². The van der Waals surface area contributed by atoms with E-state index in [0.717, 1.165) is 5.69 Å². The molecule has 0 atom stereocenters. The Kier molecular flexibility index (Phi) is 2.83. The zero-order valence-electron chi connectivity index (χ0n) is 9.97. The Morgan fingerprint density at radius 3 is 2.74 bits per heavy atom. The van der Waals surface area contributed by atoms with E-state index in [4.69, 9.17) is 16.3 Å². The molecule has 0 N–H and O–H groups in total. The van der Waals surface area contributed by atoms with Crippen molar-refractivity contribution in [2.24, 2.45) is 0 Å².